The molecule has 0 aliphatic heterocycles. The van der Waals surface area contributed by atoms with Crippen LogP contribution in [0.3, 0.4) is 0 Å². The Morgan fingerprint density at radius 2 is 1.62 bits per heavy atom. The zero-order valence-corrected chi connectivity index (χ0v) is 13.2. The highest BCUT2D eigenvalue weighted by Gasteiger charge is 2.10. The number of sulfonamides is 1. The van der Waals surface area contributed by atoms with Crippen molar-refractivity contribution in [1.82, 2.24) is 4.72 Å². The average molecular weight is 324 g/mol. The minimum atomic E-state index is -3.28. The van der Waals surface area contributed by atoms with E-state index in [4.69, 9.17) is 11.6 Å². The lowest BCUT2D eigenvalue weighted by molar-refractivity contribution is 0.578. The zero-order chi connectivity index (χ0) is 15.1. The van der Waals surface area contributed by atoms with Crippen LogP contribution in [0.25, 0.3) is 0 Å². The molecule has 0 aliphatic carbocycles. The van der Waals surface area contributed by atoms with E-state index < -0.39 is 10.0 Å². The van der Waals surface area contributed by atoms with Crippen LogP contribution < -0.4 is 4.72 Å². The second-order valence-electron chi connectivity index (χ2n) is 4.83. The standard InChI is InChI=1S/C16H18ClNO2S/c17-16-11-5-4-9-15(16)10-6-12-18-21(19,20)13-14-7-2-1-3-8-14/h1-5,7-9,11,18H,6,10,12-13H2. The molecule has 0 radical (unpaired) electrons. The lowest BCUT2D eigenvalue weighted by Crippen LogP contribution is -2.26. The van der Waals surface area contributed by atoms with Gasteiger partial charge in [0.15, 0.2) is 0 Å². The lowest BCUT2D eigenvalue weighted by Gasteiger charge is -2.07. The number of nitrogens with one attached hydrogen (secondary N) is 1. The molecule has 5 heteroatoms. The lowest BCUT2D eigenvalue weighted by atomic mass is 10.1. The molecule has 112 valence electrons. The summed E-state index contributed by atoms with van der Waals surface area (Å²) >= 11 is 6.06. The Bertz CT molecular complexity index is 672. The average Bonchev–Trinajstić information content (AvgIpc) is 2.46. The molecule has 1 N–H and O–H groups in total. The van der Waals surface area contributed by atoms with Crippen LogP contribution in [0.1, 0.15) is 17.5 Å². The van der Waals surface area contributed by atoms with E-state index in [1.165, 1.54) is 0 Å². The summed E-state index contributed by atoms with van der Waals surface area (Å²) in [4.78, 5) is 0. The maximum Gasteiger partial charge on any atom is 0.215 e. The van der Waals surface area contributed by atoms with Crippen LogP contribution in [0.15, 0.2) is 54.6 Å². The summed E-state index contributed by atoms with van der Waals surface area (Å²) in [6, 6.07) is 16.8. The first-order valence-corrected chi connectivity index (χ1v) is 8.84. The van der Waals surface area contributed by atoms with Crippen molar-refractivity contribution in [1.29, 1.82) is 0 Å². The molecule has 0 spiro atoms. The number of aryl methyl sites for hydroxylation is 1. The fourth-order valence-electron chi connectivity index (χ4n) is 2.05. The summed E-state index contributed by atoms with van der Waals surface area (Å²) in [5, 5.41) is 0.727. The molecule has 0 saturated carbocycles. The molecule has 0 heterocycles. The SMILES string of the molecule is O=S(=O)(Cc1ccccc1)NCCCc1ccccc1Cl. The third-order valence-electron chi connectivity index (χ3n) is 3.10. The Morgan fingerprint density at radius 3 is 2.33 bits per heavy atom. The summed E-state index contributed by atoms with van der Waals surface area (Å²) in [5.74, 6) is 0.0138. The summed E-state index contributed by atoms with van der Waals surface area (Å²) < 4.78 is 26.5. The predicted molar refractivity (Wildman–Crippen MR) is 86.8 cm³/mol. The van der Waals surface area contributed by atoms with E-state index in [2.05, 4.69) is 4.72 Å². The number of benzene rings is 2. The monoisotopic (exact) mass is 323 g/mol. The minimum Gasteiger partial charge on any atom is -0.215 e. The van der Waals surface area contributed by atoms with Gasteiger partial charge in [-0.3, -0.25) is 0 Å². The van der Waals surface area contributed by atoms with Gasteiger partial charge >= 0.3 is 0 Å². The Labute approximate surface area is 131 Å². The number of halogens is 1. The van der Waals surface area contributed by atoms with Gasteiger partial charge in [0.2, 0.25) is 10.0 Å². The number of hydrogen-bond acceptors (Lipinski definition) is 2. The normalized spacial score (nSPS) is 11.5. The molecular formula is C16H18ClNO2S. The molecule has 21 heavy (non-hydrogen) atoms. The first kappa shape index (κ1) is 16.0. The molecule has 2 aromatic carbocycles. The molecule has 0 fully saturated rings. The van der Waals surface area contributed by atoms with Crippen molar-refractivity contribution < 1.29 is 8.42 Å². The Hall–Kier alpha value is -1.36. The van der Waals surface area contributed by atoms with Crippen LogP contribution in [0.5, 0.6) is 0 Å². The summed E-state index contributed by atoms with van der Waals surface area (Å²) in [6.45, 7) is 0.417. The van der Waals surface area contributed by atoms with Gasteiger partial charge < -0.3 is 0 Å². The van der Waals surface area contributed by atoms with Gasteiger partial charge in [0.05, 0.1) is 5.75 Å². The second kappa shape index (κ2) is 7.59. The Balaban J connectivity index is 1.79. The second-order valence-corrected chi connectivity index (χ2v) is 7.05. The van der Waals surface area contributed by atoms with Crippen LogP contribution in [-0.4, -0.2) is 15.0 Å². The van der Waals surface area contributed by atoms with E-state index in [1.807, 2.05) is 54.6 Å². The van der Waals surface area contributed by atoms with Crippen molar-refractivity contribution >= 4 is 21.6 Å². The molecular weight excluding hydrogens is 306 g/mol. The minimum absolute atomic E-state index is 0.0138. The molecule has 0 aliphatic rings. The van der Waals surface area contributed by atoms with Gasteiger partial charge in [0, 0.05) is 11.6 Å². The van der Waals surface area contributed by atoms with Crippen LogP contribution >= 0.6 is 11.6 Å². The van der Waals surface area contributed by atoms with Crippen LogP contribution in [-0.2, 0) is 22.2 Å². The fourth-order valence-corrected chi connectivity index (χ4v) is 3.47. The molecule has 0 saturated heterocycles. The van der Waals surface area contributed by atoms with Crippen molar-refractivity contribution in [2.24, 2.45) is 0 Å². The van der Waals surface area contributed by atoms with E-state index >= 15 is 0 Å². The highest BCUT2D eigenvalue weighted by molar-refractivity contribution is 7.88. The van der Waals surface area contributed by atoms with E-state index in [-0.39, 0.29) is 5.75 Å². The van der Waals surface area contributed by atoms with E-state index in [0.717, 1.165) is 29.0 Å². The van der Waals surface area contributed by atoms with Gasteiger partial charge in [0.1, 0.15) is 0 Å². The molecule has 3 nitrogen and oxygen atoms in total. The van der Waals surface area contributed by atoms with Crippen LogP contribution in [0.2, 0.25) is 5.02 Å². The van der Waals surface area contributed by atoms with Gasteiger partial charge in [-0.05, 0) is 30.0 Å². The third-order valence-corrected chi connectivity index (χ3v) is 4.83. The van der Waals surface area contributed by atoms with Crippen molar-refractivity contribution in [3.05, 3.63) is 70.7 Å². The van der Waals surface area contributed by atoms with E-state index in [0.29, 0.717) is 6.54 Å². The van der Waals surface area contributed by atoms with E-state index in [1.54, 1.807) is 0 Å². The molecule has 0 atom stereocenters. The molecule has 0 amide bonds. The van der Waals surface area contributed by atoms with Crippen molar-refractivity contribution in [3.63, 3.8) is 0 Å². The quantitative estimate of drug-likeness (QED) is 0.794. The van der Waals surface area contributed by atoms with Crippen LogP contribution in [0.4, 0.5) is 0 Å². The van der Waals surface area contributed by atoms with Crippen LogP contribution in [0, 0.1) is 0 Å². The molecule has 0 aromatic heterocycles. The Morgan fingerprint density at radius 1 is 0.952 bits per heavy atom. The molecule has 2 aromatic rings. The topological polar surface area (TPSA) is 46.2 Å². The first-order chi connectivity index (χ1) is 10.1. The van der Waals surface area contributed by atoms with E-state index in [9.17, 15) is 8.42 Å². The van der Waals surface area contributed by atoms with Crippen molar-refractivity contribution in [2.45, 2.75) is 18.6 Å². The first-order valence-electron chi connectivity index (χ1n) is 6.81. The maximum absolute atomic E-state index is 11.9. The van der Waals surface area contributed by atoms with Gasteiger partial charge in [-0.1, -0.05) is 60.1 Å². The highest BCUT2D eigenvalue weighted by Crippen LogP contribution is 2.16. The summed E-state index contributed by atoms with van der Waals surface area (Å²) in [5.41, 5.74) is 1.83. The molecule has 2 rings (SSSR count). The zero-order valence-electron chi connectivity index (χ0n) is 11.6. The number of rotatable bonds is 7. The third kappa shape index (κ3) is 5.50. The van der Waals surface area contributed by atoms with Gasteiger partial charge in [0.25, 0.3) is 0 Å². The predicted octanol–water partition coefficient (Wildman–Crippen LogP) is 3.39. The van der Waals surface area contributed by atoms with Gasteiger partial charge in [-0.15, -0.1) is 0 Å². The summed E-state index contributed by atoms with van der Waals surface area (Å²) in [7, 11) is -3.28. The fraction of sp³-hybridized carbons (Fsp3) is 0.250. The smallest absolute Gasteiger partial charge is 0.215 e. The maximum atomic E-state index is 11.9. The Kier molecular flexibility index (Phi) is 5.79. The van der Waals surface area contributed by atoms with Crippen molar-refractivity contribution in [2.75, 3.05) is 6.54 Å². The van der Waals surface area contributed by atoms with Gasteiger partial charge in [-0.2, -0.15) is 0 Å². The van der Waals surface area contributed by atoms with Crippen molar-refractivity contribution in [3.8, 4) is 0 Å². The van der Waals surface area contributed by atoms with Gasteiger partial charge in [-0.25, -0.2) is 13.1 Å². The highest BCUT2D eigenvalue weighted by atomic mass is 35.5. The summed E-state index contributed by atoms with van der Waals surface area (Å²) in [6.07, 6.45) is 1.48. The number of hydrogen-bond donors (Lipinski definition) is 1. The molecule has 0 bridgehead atoms. The largest absolute Gasteiger partial charge is 0.215 e. The molecule has 0 unspecified atom stereocenters.